The van der Waals surface area contributed by atoms with E-state index in [1.165, 1.54) is 31.1 Å². The van der Waals surface area contributed by atoms with Crippen molar-refractivity contribution >= 4 is 17.3 Å². The summed E-state index contributed by atoms with van der Waals surface area (Å²) in [6, 6.07) is 3.39. The first-order valence-electron chi connectivity index (χ1n) is 5.12. The molecule has 0 aliphatic heterocycles. The first-order chi connectivity index (χ1) is 8.21. The standard InChI is InChI=1S/C11H14F3N3O/c1-17(2)10(18)6-16-9-4-3-7(15)5-8(9)11(12,13)14/h3-5,16H,6,15H2,1-2H3. The van der Waals surface area contributed by atoms with Crippen LogP contribution in [-0.4, -0.2) is 31.4 Å². The summed E-state index contributed by atoms with van der Waals surface area (Å²) >= 11 is 0. The third kappa shape index (κ3) is 3.54. The maximum atomic E-state index is 12.7. The van der Waals surface area contributed by atoms with Crippen molar-refractivity contribution in [2.45, 2.75) is 6.18 Å². The van der Waals surface area contributed by atoms with E-state index < -0.39 is 11.7 Å². The van der Waals surface area contributed by atoms with E-state index in [1.54, 1.807) is 0 Å². The monoisotopic (exact) mass is 261 g/mol. The molecule has 0 saturated heterocycles. The molecule has 0 fully saturated rings. The second-order valence-corrected chi connectivity index (χ2v) is 3.94. The number of nitrogens with one attached hydrogen (secondary N) is 1. The molecule has 0 unspecified atom stereocenters. The van der Waals surface area contributed by atoms with Crippen LogP contribution in [0.4, 0.5) is 24.5 Å². The summed E-state index contributed by atoms with van der Waals surface area (Å²) in [5.41, 5.74) is 4.30. The molecular formula is C11H14F3N3O. The van der Waals surface area contributed by atoms with Gasteiger partial charge in [0.05, 0.1) is 12.1 Å². The van der Waals surface area contributed by atoms with Gasteiger partial charge in [0.2, 0.25) is 5.91 Å². The van der Waals surface area contributed by atoms with Crippen molar-refractivity contribution in [1.82, 2.24) is 4.90 Å². The third-order valence-electron chi connectivity index (χ3n) is 2.28. The zero-order valence-electron chi connectivity index (χ0n) is 10.0. The van der Waals surface area contributed by atoms with E-state index in [0.29, 0.717) is 0 Å². The van der Waals surface area contributed by atoms with E-state index in [0.717, 1.165) is 6.07 Å². The SMILES string of the molecule is CN(C)C(=O)CNc1ccc(N)cc1C(F)(F)F. The van der Waals surface area contributed by atoms with Crippen LogP contribution in [-0.2, 0) is 11.0 Å². The number of hydrogen-bond donors (Lipinski definition) is 2. The van der Waals surface area contributed by atoms with E-state index in [-0.39, 0.29) is 23.8 Å². The molecule has 1 amide bonds. The molecule has 0 heterocycles. The highest BCUT2D eigenvalue weighted by Crippen LogP contribution is 2.35. The maximum absolute atomic E-state index is 12.7. The minimum absolute atomic E-state index is 0.0202. The van der Waals surface area contributed by atoms with Gasteiger partial charge in [0.15, 0.2) is 0 Å². The van der Waals surface area contributed by atoms with Crippen molar-refractivity contribution in [3.8, 4) is 0 Å². The van der Waals surface area contributed by atoms with Crippen LogP contribution in [0.3, 0.4) is 0 Å². The Kier molecular flexibility index (Phi) is 4.05. The zero-order chi connectivity index (χ0) is 13.9. The molecule has 0 saturated carbocycles. The van der Waals surface area contributed by atoms with Gasteiger partial charge in [0, 0.05) is 25.5 Å². The predicted octanol–water partition coefficient (Wildman–Crippen LogP) is 1.79. The predicted molar refractivity (Wildman–Crippen MR) is 63.0 cm³/mol. The maximum Gasteiger partial charge on any atom is 0.418 e. The summed E-state index contributed by atoms with van der Waals surface area (Å²) in [6.45, 7) is -0.208. The summed E-state index contributed by atoms with van der Waals surface area (Å²) in [5.74, 6) is -0.319. The fourth-order valence-electron chi connectivity index (χ4n) is 1.28. The Hall–Kier alpha value is -1.92. The topological polar surface area (TPSA) is 58.4 Å². The van der Waals surface area contributed by atoms with Crippen LogP contribution in [0.25, 0.3) is 0 Å². The molecule has 1 rings (SSSR count). The summed E-state index contributed by atoms with van der Waals surface area (Å²) in [5, 5.41) is 2.46. The fraction of sp³-hybridized carbons (Fsp3) is 0.364. The molecule has 0 aromatic heterocycles. The number of amides is 1. The number of halogens is 3. The van der Waals surface area contributed by atoms with Crippen LogP contribution in [0.15, 0.2) is 18.2 Å². The van der Waals surface area contributed by atoms with Crippen LogP contribution >= 0.6 is 0 Å². The van der Waals surface area contributed by atoms with Crippen molar-refractivity contribution < 1.29 is 18.0 Å². The molecule has 1 aromatic rings. The molecule has 100 valence electrons. The van der Waals surface area contributed by atoms with Gasteiger partial charge in [-0.2, -0.15) is 13.2 Å². The van der Waals surface area contributed by atoms with Crippen molar-refractivity contribution in [3.05, 3.63) is 23.8 Å². The minimum atomic E-state index is -4.52. The molecule has 0 bridgehead atoms. The normalized spacial score (nSPS) is 11.2. The zero-order valence-corrected chi connectivity index (χ0v) is 10.0. The van der Waals surface area contributed by atoms with Gasteiger partial charge in [0.25, 0.3) is 0 Å². The van der Waals surface area contributed by atoms with E-state index in [9.17, 15) is 18.0 Å². The van der Waals surface area contributed by atoms with Crippen molar-refractivity contribution in [2.75, 3.05) is 31.7 Å². The summed E-state index contributed by atoms with van der Waals surface area (Å²) < 4.78 is 38.2. The molecule has 0 atom stereocenters. The van der Waals surface area contributed by atoms with Crippen molar-refractivity contribution in [2.24, 2.45) is 0 Å². The second kappa shape index (κ2) is 5.16. The lowest BCUT2D eigenvalue weighted by Crippen LogP contribution is -2.29. The molecule has 1 aromatic carbocycles. The highest BCUT2D eigenvalue weighted by Gasteiger charge is 2.33. The molecule has 7 heteroatoms. The van der Waals surface area contributed by atoms with Gasteiger partial charge < -0.3 is 16.0 Å². The first kappa shape index (κ1) is 14.1. The van der Waals surface area contributed by atoms with Gasteiger partial charge in [0.1, 0.15) is 0 Å². The minimum Gasteiger partial charge on any atom is -0.399 e. The van der Waals surface area contributed by atoms with Crippen LogP contribution in [0.2, 0.25) is 0 Å². The highest BCUT2D eigenvalue weighted by molar-refractivity contribution is 5.80. The Morgan fingerprint density at radius 3 is 2.50 bits per heavy atom. The number of nitrogen functional groups attached to an aromatic ring is 1. The largest absolute Gasteiger partial charge is 0.418 e. The third-order valence-corrected chi connectivity index (χ3v) is 2.28. The molecule has 4 nitrogen and oxygen atoms in total. The molecule has 0 spiro atoms. The Morgan fingerprint density at radius 1 is 1.39 bits per heavy atom. The molecule has 0 aliphatic carbocycles. The summed E-state index contributed by atoms with van der Waals surface area (Å²) in [4.78, 5) is 12.6. The van der Waals surface area contributed by atoms with Crippen LogP contribution < -0.4 is 11.1 Å². The number of nitrogens with two attached hydrogens (primary N) is 1. The van der Waals surface area contributed by atoms with E-state index in [2.05, 4.69) is 5.32 Å². The van der Waals surface area contributed by atoms with E-state index in [1.807, 2.05) is 0 Å². The van der Waals surface area contributed by atoms with Crippen LogP contribution in [0.1, 0.15) is 5.56 Å². The number of rotatable bonds is 3. The van der Waals surface area contributed by atoms with Crippen molar-refractivity contribution in [3.63, 3.8) is 0 Å². The van der Waals surface area contributed by atoms with E-state index >= 15 is 0 Å². The molecule has 18 heavy (non-hydrogen) atoms. The number of hydrogen-bond acceptors (Lipinski definition) is 3. The number of anilines is 2. The van der Waals surface area contributed by atoms with Crippen LogP contribution in [0.5, 0.6) is 0 Å². The molecular weight excluding hydrogens is 247 g/mol. The number of carbonyl (C=O) groups is 1. The lowest BCUT2D eigenvalue weighted by Gasteiger charge is -2.16. The van der Waals surface area contributed by atoms with Gasteiger partial charge in [-0.25, -0.2) is 0 Å². The molecule has 0 radical (unpaired) electrons. The lowest BCUT2D eigenvalue weighted by molar-refractivity contribution is -0.137. The van der Waals surface area contributed by atoms with Gasteiger partial charge in [-0.3, -0.25) is 4.79 Å². The molecule has 0 aliphatic rings. The molecule has 3 N–H and O–H groups in total. The van der Waals surface area contributed by atoms with Gasteiger partial charge in [-0.05, 0) is 18.2 Å². The average molecular weight is 261 g/mol. The van der Waals surface area contributed by atoms with Crippen LogP contribution in [0, 0.1) is 0 Å². The first-order valence-corrected chi connectivity index (χ1v) is 5.12. The van der Waals surface area contributed by atoms with Gasteiger partial charge in [-0.1, -0.05) is 0 Å². The summed E-state index contributed by atoms with van der Waals surface area (Å²) in [7, 11) is 3.05. The number of likely N-dealkylation sites (N-methyl/N-ethyl adjacent to an activating group) is 1. The quantitative estimate of drug-likeness (QED) is 0.815. The number of alkyl halides is 3. The Bertz CT molecular complexity index is 444. The van der Waals surface area contributed by atoms with E-state index in [4.69, 9.17) is 5.73 Å². The number of carbonyl (C=O) groups excluding carboxylic acids is 1. The average Bonchev–Trinajstić information content (AvgIpc) is 2.25. The van der Waals surface area contributed by atoms with Crippen molar-refractivity contribution in [1.29, 1.82) is 0 Å². The Morgan fingerprint density at radius 2 is 2.00 bits per heavy atom. The summed E-state index contributed by atoms with van der Waals surface area (Å²) in [6.07, 6.45) is -4.52. The number of benzene rings is 1. The lowest BCUT2D eigenvalue weighted by atomic mass is 10.1. The highest BCUT2D eigenvalue weighted by atomic mass is 19.4. The van der Waals surface area contributed by atoms with Gasteiger partial charge >= 0.3 is 6.18 Å². The number of nitrogens with zero attached hydrogens (tertiary/aromatic N) is 1. The van der Waals surface area contributed by atoms with Gasteiger partial charge in [-0.15, -0.1) is 0 Å². The Balaban J connectivity index is 2.92. The fourth-order valence-corrected chi connectivity index (χ4v) is 1.28. The smallest absolute Gasteiger partial charge is 0.399 e. The Labute approximate surface area is 103 Å². The second-order valence-electron chi connectivity index (χ2n) is 3.94.